The van der Waals surface area contributed by atoms with Crippen molar-refractivity contribution in [2.75, 3.05) is 11.9 Å². The minimum absolute atomic E-state index is 0.0386. The second kappa shape index (κ2) is 7.56. The molecule has 2 aromatic heterocycles. The largest absolute Gasteiger partial charge is 0.481 e. The number of amides is 1. The normalized spacial score (nSPS) is 15.4. The number of aryl methyl sites for hydroxylation is 2. The Bertz CT molecular complexity index is 1340. The SMILES string of the molecule is C#CCOc1ccc([C@H]2CC(=O)Nc3c2c(C)nn3-c2nc3ccc(C)cc3s2)cc1. The number of terminal acetylenes is 1. The van der Waals surface area contributed by atoms with Crippen LogP contribution < -0.4 is 10.1 Å². The Morgan fingerprint density at radius 1 is 1.26 bits per heavy atom. The molecule has 2 aromatic carbocycles. The standard InChI is InChI=1S/C24H20N4O2S/c1-4-11-30-17-8-6-16(7-9-17)18-13-21(29)26-23-22(18)15(3)27-28(23)24-25-19-10-5-14(2)12-20(19)31-24/h1,5-10,12,18H,11,13H2,2-3H3,(H,26,29)/t18-/m1/s1. The number of fused-ring (bicyclic) bond motifs is 2. The highest BCUT2D eigenvalue weighted by atomic mass is 32.1. The number of anilines is 1. The number of hydrogen-bond donors (Lipinski definition) is 1. The zero-order valence-electron chi connectivity index (χ0n) is 17.2. The van der Waals surface area contributed by atoms with Crippen molar-refractivity contribution in [3.8, 4) is 23.2 Å². The third-order valence-corrected chi connectivity index (χ3v) is 6.41. The summed E-state index contributed by atoms with van der Waals surface area (Å²) in [7, 11) is 0. The van der Waals surface area contributed by atoms with Gasteiger partial charge in [0.1, 0.15) is 18.2 Å². The minimum Gasteiger partial charge on any atom is -0.481 e. The van der Waals surface area contributed by atoms with Crippen LogP contribution in [0.1, 0.15) is 34.7 Å². The van der Waals surface area contributed by atoms with Crippen molar-refractivity contribution in [3.63, 3.8) is 0 Å². The van der Waals surface area contributed by atoms with Gasteiger partial charge in [0.25, 0.3) is 0 Å². The lowest BCUT2D eigenvalue weighted by Gasteiger charge is -2.24. The Morgan fingerprint density at radius 3 is 2.84 bits per heavy atom. The van der Waals surface area contributed by atoms with E-state index >= 15 is 0 Å². The van der Waals surface area contributed by atoms with Crippen molar-refractivity contribution in [2.24, 2.45) is 0 Å². The van der Waals surface area contributed by atoms with Gasteiger partial charge in [-0.15, -0.1) is 6.42 Å². The van der Waals surface area contributed by atoms with Crippen LogP contribution in [-0.2, 0) is 4.79 Å². The summed E-state index contributed by atoms with van der Waals surface area (Å²) < 4.78 is 8.33. The molecule has 0 bridgehead atoms. The molecular formula is C24H20N4O2S. The fraction of sp³-hybridized carbons (Fsp3) is 0.208. The fourth-order valence-corrected chi connectivity index (χ4v) is 5.02. The maximum Gasteiger partial charge on any atom is 0.226 e. The van der Waals surface area contributed by atoms with Crippen LogP contribution >= 0.6 is 11.3 Å². The zero-order valence-corrected chi connectivity index (χ0v) is 18.0. The maximum atomic E-state index is 12.6. The summed E-state index contributed by atoms with van der Waals surface area (Å²) in [6.07, 6.45) is 5.62. The molecule has 1 N–H and O–H groups in total. The van der Waals surface area contributed by atoms with E-state index < -0.39 is 0 Å². The van der Waals surface area contributed by atoms with Gasteiger partial charge >= 0.3 is 0 Å². The second-order valence-electron chi connectivity index (χ2n) is 7.59. The van der Waals surface area contributed by atoms with Gasteiger partial charge in [-0.25, -0.2) is 4.98 Å². The first-order valence-corrected chi connectivity index (χ1v) is 10.8. The first kappa shape index (κ1) is 19.3. The number of carbonyl (C=O) groups is 1. The first-order chi connectivity index (χ1) is 15.0. The fourth-order valence-electron chi connectivity index (χ4n) is 4.00. The third-order valence-electron chi connectivity index (χ3n) is 5.42. The average Bonchev–Trinajstić information content (AvgIpc) is 3.32. The van der Waals surface area contributed by atoms with Gasteiger partial charge in [0, 0.05) is 17.9 Å². The topological polar surface area (TPSA) is 69.0 Å². The Labute approximate surface area is 183 Å². The van der Waals surface area contributed by atoms with E-state index in [9.17, 15) is 4.79 Å². The number of nitrogens with one attached hydrogen (secondary N) is 1. The van der Waals surface area contributed by atoms with Crippen molar-refractivity contribution < 1.29 is 9.53 Å². The molecule has 1 aliphatic rings. The van der Waals surface area contributed by atoms with Crippen LogP contribution in [0.4, 0.5) is 5.82 Å². The first-order valence-electron chi connectivity index (χ1n) is 9.96. The van der Waals surface area contributed by atoms with E-state index in [1.165, 1.54) is 5.56 Å². The number of aromatic nitrogens is 3. The van der Waals surface area contributed by atoms with Crippen LogP contribution in [0.25, 0.3) is 15.3 Å². The van der Waals surface area contributed by atoms with Gasteiger partial charge in [-0.2, -0.15) is 9.78 Å². The number of carbonyl (C=O) groups excluding carboxylic acids is 1. The van der Waals surface area contributed by atoms with Gasteiger partial charge in [-0.05, 0) is 49.2 Å². The number of thiazole rings is 1. The molecule has 4 aromatic rings. The quantitative estimate of drug-likeness (QED) is 0.483. The van der Waals surface area contributed by atoms with Crippen molar-refractivity contribution in [1.82, 2.24) is 14.8 Å². The molecule has 0 saturated heterocycles. The molecule has 6 nitrogen and oxygen atoms in total. The van der Waals surface area contributed by atoms with E-state index in [1.807, 2.05) is 43.3 Å². The Balaban J connectivity index is 1.57. The zero-order chi connectivity index (χ0) is 21.5. The van der Waals surface area contributed by atoms with Crippen LogP contribution in [0.5, 0.6) is 5.75 Å². The molecule has 1 amide bonds. The molecule has 1 aliphatic heterocycles. The third kappa shape index (κ3) is 3.45. The summed E-state index contributed by atoms with van der Waals surface area (Å²) in [6, 6.07) is 13.9. The maximum absolute atomic E-state index is 12.6. The van der Waals surface area contributed by atoms with E-state index in [2.05, 4.69) is 24.2 Å². The van der Waals surface area contributed by atoms with E-state index in [0.29, 0.717) is 18.0 Å². The lowest BCUT2D eigenvalue weighted by Crippen LogP contribution is -2.24. The molecule has 0 unspecified atom stereocenters. The van der Waals surface area contributed by atoms with Gasteiger partial charge in [-0.1, -0.05) is 35.5 Å². The Morgan fingerprint density at radius 2 is 2.06 bits per heavy atom. The lowest BCUT2D eigenvalue weighted by atomic mass is 9.86. The van der Waals surface area contributed by atoms with Crippen LogP contribution in [-0.4, -0.2) is 27.3 Å². The van der Waals surface area contributed by atoms with E-state index in [-0.39, 0.29) is 18.4 Å². The number of benzene rings is 2. The molecule has 7 heteroatoms. The minimum atomic E-state index is -0.0872. The number of rotatable bonds is 4. The monoisotopic (exact) mass is 428 g/mol. The van der Waals surface area contributed by atoms with E-state index in [4.69, 9.17) is 21.2 Å². The number of hydrogen-bond acceptors (Lipinski definition) is 5. The number of nitrogens with zero attached hydrogens (tertiary/aromatic N) is 3. The summed E-state index contributed by atoms with van der Waals surface area (Å²) in [5, 5.41) is 8.52. The van der Waals surface area contributed by atoms with Crippen molar-refractivity contribution in [3.05, 3.63) is 64.8 Å². The van der Waals surface area contributed by atoms with E-state index in [1.54, 1.807) is 16.0 Å². The molecule has 5 rings (SSSR count). The predicted octanol–water partition coefficient (Wildman–Crippen LogP) is 4.58. The van der Waals surface area contributed by atoms with Crippen LogP contribution in [0.2, 0.25) is 0 Å². The second-order valence-corrected chi connectivity index (χ2v) is 8.60. The smallest absolute Gasteiger partial charge is 0.226 e. The van der Waals surface area contributed by atoms with Gasteiger partial charge in [0.15, 0.2) is 0 Å². The van der Waals surface area contributed by atoms with Crippen molar-refractivity contribution in [2.45, 2.75) is 26.2 Å². The van der Waals surface area contributed by atoms with Crippen LogP contribution in [0.15, 0.2) is 42.5 Å². The summed E-state index contributed by atoms with van der Waals surface area (Å²) in [5.41, 5.74) is 5.04. The molecule has 3 heterocycles. The van der Waals surface area contributed by atoms with Gasteiger partial charge in [-0.3, -0.25) is 4.79 Å². The molecule has 0 aliphatic carbocycles. The molecule has 154 valence electrons. The highest BCUT2D eigenvalue weighted by molar-refractivity contribution is 7.20. The van der Waals surface area contributed by atoms with Crippen molar-refractivity contribution in [1.29, 1.82) is 0 Å². The molecule has 0 radical (unpaired) electrons. The Kier molecular flexibility index (Phi) is 4.72. The highest BCUT2D eigenvalue weighted by Gasteiger charge is 2.33. The highest BCUT2D eigenvalue weighted by Crippen LogP contribution is 2.41. The van der Waals surface area contributed by atoms with Crippen LogP contribution in [0.3, 0.4) is 0 Å². The Hall–Kier alpha value is -3.63. The molecule has 0 fully saturated rings. The molecule has 0 spiro atoms. The van der Waals surface area contributed by atoms with Gasteiger partial charge < -0.3 is 10.1 Å². The van der Waals surface area contributed by atoms with Crippen molar-refractivity contribution >= 4 is 33.3 Å². The molecule has 0 saturated carbocycles. The molecule has 31 heavy (non-hydrogen) atoms. The lowest BCUT2D eigenvalue weighted by molar-refractivity contribution is -0.116. The average molecular weight is 429 g/mol. The molecule has 1 atom stereocenters. The van der Waals surface area contributed by atoms with Gasteiger partial charge in [0.05, 0.1) is 15.9 Å². The molecular weight excluding hydrogens is 408 g/mol. The summed E-state index contributed by atoms with van der Waals surface area (Å²) >= 11 is 1.56. The summed E-state index contributed by atoms with van der Waals surface area (Å²) in [5.74, 6) is 3.74. The predicted molar refractivity (Wildman–Crippen MR) is 122 cm³/mol. The number of ether oxygens (including phenoxy) is 1. The summed E-state index contributed by atoms with van der Waals surface area (Å²) in [6.45, 7) is 4.26. The van der Waals surface area contributed by atoms with E-state index in [0.717, 1.165) is 32.2 Å². The van der Waals surface area contributed by atoms with Gasteiger partial charge in [0.2, 0.25) is 11.0 Å². The van der Waals surface area contributed by atoms with Crippen LogP contribution in [0, 0.1) is 26.2 Å². The summed E-state index contributed by atoms with van der Waals surface area (Å²) in [4.78, 5) is 17.4.